The lowest BCUT2D eigenvalue weighted by molar-refractivity contribution is 0.0713. The molecule has 3 aromatic rings. The Bertz CT molecular complexity index is 738. The van der Waals surface area contributed by atoms with Gasteiger partial charge >= 0.3 is 0 Å². The van der Waals surface area contributed by atoms with Gasteiger partial charge in [-0.15, -0.1) is 11.3 Å². The smallest absolute Gasteiger partial charge is 0.274 e. The maximum Gasteiger partial charge on any atom is 0.274 e. The monoisotopic (exact) mass is 313 g/mol. The fourth-order valence-electron chi connectivity index (χ4n) is 2.12. The van der Waals surface area contributed by atoms with E-state index in [0.29, 0.717) is 18.8 Å². The minimum absolute atomic E-state index is 0.157. The number of thiophene rings is 1. The summed E-state index contributed by atoms with van der Waals surface area (Å²) in [5, 5.41) is 0. The van der Waals surface area contributed by atoms with Crippen molar-refractivity contribution in [2.45, 2.75) is 20.0 Å². The van der Waals surface area contributed by atoms with Crippen LogP contribution < -0.4 is 0 Å². The van der Waals surface area contributed by atoms with E-state index in [9.17, 15) is 4.79 Å². The van der Waals surface area contributed by atoms with E-state index in [1.165, 1.54) is 17.3 Å². The number of amides is 1. The van der Waals surface area contributed by atoms with Gasteiger partial charge in [0.2, 0.25) is 0 Å². The quantitative estimate of drug-likeness (QED) is 0.725. The fourth-order valence-corrected chi connectivity index (χ4v) is 3.03. The average molecular weight is 313 g/mol. The van der Waals surface area contributed by atoms with Gasteiger partial charge in [-0.3, -0.25) is 9.78 Å². The van der Waals surface area contributed by atoms with Crippen LogP contribution in [0.2, 0.25) is 0 Å². The third-order valence-corrected chi connectivity index (χ3v) is 4.12. The number of hydrogen-bond donors (Lipinski definition) is 0. The molecule has 5 nitrogen and oxygen atoms in total. The second kappa shape index (κ2) is 6.53. The van der Waals surface area contributed by atoms with Crippen LogP contribution in [-0.2, 0) is 13.1 Å². The summed E-state index contributed by atoms with van der Waals surface area (Å²) < 4.78 is 5.37. The Balaban J connectivity index is 1.83. The first kappa shape index (κ1) is 14.5. The number of carbonyl (C=O) groups excluding carboxylic acids is 1. The Morgan fingerprint density at radius 1 is 1.27 bits per heavy atom. The number of hydrogen-bond acceptors (Lipinski definition) is 5. The molecule has 3 heterocycles. The van der Waals surface area contributed by atoms with Crippen molar-refractivity contribution in [2.24, 2.45) is 0 Å². The highest BCUT2D eigenvalue weighted by atomic mass is 32.1. The zero-order valence-electron chi connectivity index (χ0n) is 12.1. The van der Waals surface area contributed by atoms with Crippen LogP contribution >= 0.6 is 11.3 Å². The predicted molar refractivity (Wildman–Crippen MR) is 83.4 cm³/mol. The second-order valence-electron chi connectivity index (χ2n) is 4.84. The Morgan fingerprint density at radius 3 is 2.82 bits per heavy atom. The van der Waals surface area contributed by atoms with Crippen LogP contribution in [0.1, 0.15) is 26.0 Å². The SMILES string of the molecule is Cc1ccc(CN(Cc2ccco2)C(=O)c2cnccn2)s1. The van der Waals surface area contributed by atoms with Crippen molar-refractivity contribution in [3.63, 3.8) is 0 Å². The molecule has 0 aromatic carbocycles. The normalized spacial score (nSPS) is 10.6. The summed E-state index contributed by atoms with van der Waals surface area (Å²) >= 11 is 1.68. The molecule has 22 heavy (non-hydrogen) atoms. The zero-order valence-corrected chi connectivity index (χ0v) is 12.9. The van der Waals surface area contributed by atoms with Crippen LogP contribution in [-0.4, -0.2) is 20.8 Å². The lowest BCUT2D eigenvalue weighted by Gasteiger charge is -2.20. The maximum atomic E-state index is 12.7. The largest absolute Gasteiger partial charge is 0.467 e. The molecule has 0 N–H and O–H groups in total. The zero-order chi connectivity index (χ0) is 15.4. The molecule has 0 unspecified atom stereocenters. The maximum absolute atomic E-state index is 12.7. The molecular formula is C16H15N3O2S. The molecule has 0 aliphatic heterocycles. The van der Waals surface area contributed by atoms with Gasteiger partial charge in [0.15, 0.2) is 0 Å². The van der Waals surface area contributed by atoms with E-state index in [1.54, 1.807) is 28.7 Å². The lowest BCUT2D eigenvalue weighted by atomic mass is 10.3. The average Bonchev–Trinajstić information content (AvgIpc) is 3.19. The van der Waals surface area contributed by atoms with Crippen molar-refractivity contribution < 1.29 is 9.21 Å². The molecule has 0 radical (unpaired) electrons. The van der Waals surface area contributed by atoms with Crippen LogP contribution in [0.4, 0.5) is 0 Å². The Morgan fingerprint density at radius 2 is 2.18 bits per heavy atom. The van der Waals surface area contributed by atoms with Crippen molar-refractivity contribution >= 4 is 17.2 Å². The third-order valence-electron chi connectivity index (χ3n) is 3.14. The topological polar surface area (TPSA) is 59.2 Å². The molecule has 0 bridgehead atoms. The van der Waals surface area contributed by atoms with Gasteiger partial charge in [-0.05, 0) is 31.2 Å². The highest BCUT2D eigenvalue weighted by Crippen LogP contribution is 2.19. The summed E-state index contributed by atoms with van der Waals surface area (Å²) in [6, 6.07) is 7.77. The summed E-state index contributed by atoms with van der Waals surface area (Å²) in [5.41, 5.74) is 0.335. The molecule has 0 saturated carbocycles. The van der Waals surface area contributed by atoms with E-state index in [-0.39, 0.29) is 5.91 Å². The van der Waals surface area contributed by atoms with Gasteiger partial charge in [-0.25, -0.2) is 4.98 Å². The molecule has 3 rings (SSSR count). The van der Waals surface area contributed by atoms with E-state index < -0.39 is 0 Å². The lowest BCUT2D eigenvalue weighted by Crippen LogP contribution is -2.30. The van der Waals surface area contributed by atoms with Gasteiger partial charge in [-0.1, -0.05) is 0 Å². The number of aryl methyl sites for hydroxylation is 1. The minimum atomic E-state index is -0.157. The van der Waals surface area contributed by atoms with E-state index in [2.05, 4.69) is 23.0 Å². The fraction of sp³-hybridized carbons (Fsp3) is 0.188. The summed E-state index contributed by atoms with van der Waals surface area (Å²) in [5.74, 6) is 0.584. The summed E-state index contributed by atoms with van der Waals surface area (Å²) in [6.45, 7) is 2.98. The Kier molecular flexibility index (Phi) is 4.29. The van der Waals surface area contributed by atoms with Gasteiger partial charge < -0.3 is 9.32 Å². The molecule has 0 fully saturated rings. The third kappa shape index (κ3) is 3.40. The molecule has 0 spiro atoms. The van der Waals surface area contributed by atoms with Gasteiger partial charge in [-0.2, -0.15) is 0 Å². The van der Waals surface area contributed by atoms with Gasteiger partial charge in [0.25, 0.3) is 5.91 Å². The molecule has 0 atom stereocenters. The van der Waals surface area contributed by atoms with Crippen LogP contribution in [0.3, 0.4) is 0 Å². The van der Waals surface area contributed by atoms with Gasteiger partial charge in [0.05, 0.1) is 25.5 Å². The summed E-state index contributed by atoms with van der Waals surface area (Å²) in [7, 11) is 0. The van der Waals surface area contributed by atoms with Crippen LogP contribution in [0.15, 0.2) is 53.5 Å². The summed E-state index contributed by atoms with van der Waals surface area (Å²) in [6.07, 6.45) is 6.16. The van der Waals surface area contributed by atoms with E-state index >= 15 is 0 Å². The van der Waals surface area contributed by atoms with Crippen molar-refractivity contribution in [1.29, 1.82) is 0 Å². The molecule has 112 valence electrons. The molecule has 6 heteroatoms. The summed E-state index contributed by atoms with van der Waals surface area (Å²) in [4.78, 5) is 24.8. The highest BCUT2D eigenvalue weighted by Gasteiger charge is 2.19. The minimum Gasteiger partial charge on any atom is -0.467 e. The van der Waals surface area contributed by atoms with Crippen molar-refractivity contribution in [1.82, 2.24) is 14.9 Å². The number of furan rings is 1. The van der Waals surface area contributed by atoms with Crippen LogP contribution in [0.25, 0.3) is 0 Å². The molecule has 0 aliphatic rings. The predicted octanol–water partition coefficient (Wildman–Crippen LogP) is 3.28. The first-order valence-electron chi connectivity index (χ1n) is 6.85. The molecule has 3 aromatic heterocycles. The molecule has 0 saturated heterocycles. The van der Waals surface area contributed by atoms with Crippen LogP contribution in [0.5, 0.6) is 0 Å². The first-order chi connectivity index (χ1) is 10.7. The Hall–Kier alpha value is -2.47. The highest BCUT2D eigenvalue weighted by molar-refractivity contribution is 7.11. The van der Waals surface area contributed by atoms with Crippen molar-refractivity contribution in [3.05, 3.63) is 70.3 Å². The first-order valence-corrected chi connectivity index (χ1v) is 7.67. The van der Waals surface area contributed by atoms with E-state index in [0.717, 1.165) is 10.6 Å². The Labute approximate surface area is 132 Å². The van der Waals surface area contributed by atoms with Crippen molar-refractivity contribution in [2.75, 3.05) is 0 Å². The van der Waals surface area contributed by atoms with Crippen LogP contribution in [0, 0.1) is 6.92 Å². The molecular weight excluding hydrogens is 298 g/mol. The number of aromatic nitrogens is 2. The number of carbonyl (C=O) groups is 1. The standard InChI is InChI=1S/C16H15N3O2S/c1-12-4-5-14(22-12)11-19(10-13-3-2-8-21-13)16(20)15-9-17-6-7-18-15/h2-9H,10-11H2,1H3. The number of rotatable bonds is 5. The van der Waals surface area contributed by atoms with Gasteiger partial charge in [0, 0.05) is 22.1 Å². The van der Waals surface area contributed by atoms with E-state index in [4.69, 9.17) is 4.42 Å². The van der Waals surface area contributed by atoms with Gasteiger partial charge in [0.1, 0.15) is 11.5 Å². The molecule has 1 amide bonds. The van der Waals surface area contributed by atoms with E-state index in [1.807, 2.05) is 18.2 Å². The second-order valence-corrected chi connectivity index (χ2v) is 6.22. The molecule has 0 aliphatic carbocycles. The number of nitrogens with zero attached hydrogens (tertiary/aromatic N) is 3. The van der Waals surface area contributed by atoms with Crippen molar-refractivity contribution in [3.8, 4) is 0 Å².